The largest absolute Gasteiger partial charge is 0.494 e. The number of carboxylic acid groups (broad SMARTS) is 1. The molecule has 0 saturated carbocycles. The number of ether oxygens (including phenoxy) is 1. The summed E-state index contributed by atoms with van der Waals surface area (Å²) >= 11 is 0. The first-order chi connectivity index (χ1) is 9.36. The van der Waals surface area contributed by atoms with Crippen LogP contribution in [-0.2, 0) is 11.3 Å². The van der Waals surface area contributed by atoms with Crippen molar-refractivity contribution >= 4 is 11.7 Å². The number of aliphatic carboxylic acids is 1. The van der Waals surface area contributed by atoms with Crippen LogP contribution >= 0.6 is 0 Å². The third kappa shape index (κ3) is 3.92. The number of carboxylic acids is 1. The van der Waals surface area contributed by atoms with Gasteiger partial charge in [0.2, 0.25) is 0 Å². The number of hydrogen-bond donors (Lipinski definition) is 1. The number of benzene rings is 1. The van der Waals surface area contributed by atoms with Gasteiger partial charge in [-0.05, 0) is 27.0 Å². The second-order valence-corrected chi connectivity index (χ2v) is 4.41. The van der Waals surface area contributed by atoms with Crippen molar-refractivity contribution in [3.63, 3.8) is 0 Å². The number of hydrogen-bond acceptors (Lipinski definition) is 5. The molecule has 20 heavy (non-hydrogen) atoms. The number of likely N-dealkylation sites (N-methyl/N-ethyl adjacent to an activating group) is 1. The number of nitrogens with zero attached hydrogens (tertiary/aromatic N) is 2. The second kappa shape index (κ2) is 6.85. The summed E-state index contributed by atoms with van der Waals surface area (Å²) in [4.78, 5) is 22.8. The number of rotatable bonds is 7. The van der Waals surface area contributed by atoms with Crippen molar-refractivity contribution < 1.29 is 19.6 Å². The zero-order chi connectivity index (χ0) is 15.3. The van der Waals surface area contributed by atoms with Crippen LogP contribution in [0, 0.1) is 10.1 Å². The van der Waals surface area contributed by atoms with Crippen molar-refractivity contribution in [2.45, 2.75) is 26.4 Å². The van der Waals surface area contributed by atoms with Gasteiger partial charge in [-0.2, -0.15) is 0 Å². The molecule has 1 unspecified atom stereocenters. The molecule has 0 saturated heterocycles. The summed E-state index contributed by atoms with van der Waals surface area (Å²) < 4.78 is 5.42. The van der Waals surface area contributed by atoms with E-state index in [1.54, 1.807) is 18.9 Å². The van der Waals surface area contributed by atoms with Gasteiger partial charge in [0.05, 0.1) is 11.5 Å². The van der Waals surface area contributed by atoms with Crippen molar-refractivity contribution in [1.29, 1.82) is 0 Å². The maximum atomic E-state index is 10.9. The molecule has 7 nitrogen and oxygen atoms in total. The van der Waals surface area contributed by atoms with E-state index in [1.165, 1.54) is 18.2 Å². The van der Waals surface area contributed by atoms with Gasteiger partial charge < -0.3 is 9.84 Å². The van der Waals surface area contributed by atoms with Crippen LogP contribution in [0.2, 0.25) is 0 Å². The Morgan fingerprint density at radius 1 is 1.55 bits per heavy atom. The zero-order valence-electron chi connectivity index (χ0n) is 11.7. The molecule has 0 spiro atoms. The minimum Gasteiger partial charge on any atom is -0.494 e. The van der Waals surface area contributed by atoms with Gasteiger partial charge in [0.25, 0.3) is 5.69 Å². The van der Waals surface area contributed by atoms with Crippen LogP contribution in [0.5, 0.6) is 5.75 Å². The first-order valence-electron chi connectivity index (χ1n) is 6.20. The lowest BCUT2D eigenvalue weighted by atomic mass is 10.1. The van der Waals surface area contributed by atoms with Gasteiger partial charge in [-0.25, -0.2) is 0 Å². The fourth-order valence-electron chi connectivity index (χ4n) is 1.69. The van der Waals surface area contributed by atoms with Crippen molar-refractivity contribution in [1.82, 2.24) is 4.90 Å². The Bertz CT molecular complexity index is 504. The lowest BCUT2D eigenvalue weighted by Crippen LogP contribution is -2.35. The normalized spacial score (nSPS) is 12.2. The van der Waals surface area contributed by atoms with Crippen LogP contribution in [0.3, 0.4) is 0 Å². The van der Waals surface area contributed by atoms with E-state index in [4.69, 9.17) is 9.84 Å². The van der Waals surface area contributed by atoms with Crippen LogP contribution in [0.1, 0.15) is 19.4 Å². The minimum absolute atomic E-state index is 0.0418. The monoisotopic (exact) mass is 282 g/mol. The molecule has 1 rings (SSSR count). The summed E-state index contributed by atoms with van der Waals surface area (Å²) in [5, 5.41) is 19.8. The first-order valence-corrected chi connectivity index (χ1v) is 6.20. The number of carbonyl (C=O) groups is 1. The van der Waals surface area contributed by atoms with E-state index in [0.29, 0.717) is 17.9 Å². The Labute approximate surface area is 116 Å². The SMILES string of the molecule is CCOc1ccc([N+](=O)[O-])cc1CN(C)C(C)C(=O)O. The molecule has 1 aromatic carbocycles. The molecule has 1 aromatic rings. The Morgan fingerprint density at radius 3 is 2.70 bits per heavy atom. The predicted octanol–water partition coefficient (Wildman–Crippen LogP) is 1.90. The third-order valence-electron chi connectivity index (χ3n) is 2.99. The van der Waals surface area contributed by atoms with Crippen LogP contribution in [0.15, 0.2) is 18.2 Å². The molecule has 0 aliphatic carbocycles. The second-order valence-electron chi connectivity index (χ2n) is 4.41. The smallest absolute Gasteiger partial charge is 0.320 e. The summed E-state index contributed by atoms with van der Waals surface area (Å²) in [7, 11) is 1.65. The van der Waals surface area contributed by atoms with Crippen LogP contribution < -0.4 is 4.74 Å². The van der Waals surface area contributed by atoms with Crippen molar-refractivity contribution in [2.75, 3.05) is 13.7 Å². The summed E-state index contributed by atoms with van der Waals surface area (Å²) in [5.74, 6) is -0.418. The maximum Gasteiger partial charge on any atom is 0.320 e. The molecule has 0 aliphatic heterocycles. The highest BCUT2D eigenvalue weighted by atomic mass is 16.6. The minimum atomic E-state index is -0.948. The van der Waals surface area contributed by atoms with E-state index in [2.05, 4.69) is 0 Å². The molecule has 0 fully saturated rings. The van der Waals surface area contributed by atoms with E-state index < -0.39 is 16.9 Å². The van der Waals surface area contributed by atoms with Crippen molar-refractivity contribution in [3.8, 4) is 5.75 Å². The fourth-order valence-corrected chi connectivity index (χ4v) is 1.69. The number of nitro benzene ring substituents is 1. The van der Waals surface area contributed by atoms with E-state index in [9.17, 15) is 14.9 Å². The van der Waals surface area contributed by atoms with Gasteiger partial charge in [-0.15, -0.1) is 0 Å². The summed E-state index contributed by atoms with van der Waals surface area (Å²) in [6, 6.07) is 3.63. The highest BCUT2D eigenvalue weighted by Crippen LogP contribution is 2.25. The summed E-state index contributed by atoms with van der Waals surface area (Å²) in [6.07, 6.45) is 0. The van der Waals surface area contributed by atoms with E-state index in [0.717, 1.165) is 0 Å². The molecule has 7 heteroatoms. The molecule has 110 valence electrons. The van der Waals surface area contributed by atoms with Gasteiger partial charge in [0, 0.05) is 24.2 Å². The number of non-ortho nitro benzene ring substituents is 1. The molecule has 0 heterocycles. The van der Waals surface area contributed by atoms with Gasteiger partial charge in [0.1, 0.15) is 11.8 Å². The van der Waals surface area contributed by atoms with Gasteiger partial charge in [-0.1, -0.05) is 0 Å². The highest BCUT2D eigenvalue weighted by Gasteiger charge is 2.19. The molecule has 0 amide bonds. The van der Waals surface area contributed by atoms with E-state index >= 15 is 0 Å². The lowest BCUT2D eigenvalue weighted by Gasteiger charge is -2.22. The van der Waals surface area contributed by atoms with Crippen molar-refractivity contribution in [2.24, 2.45) is 0 Å². The standard InChI is InChI=1S/C13H18N2O5/c1-4-20-12-6-5-11(15(18)19)7-10(12)8-14(3)9(2)13(16)17/h5-7,9H,4,8H2,1-3H3,(H,16,17). The van der Waals surface area contributed by atoms with Crippen molar-refractivity contribution in [3.05, 3.63) is 33.9 Å². The Morgan fingerprint density at radius 2 is 2.20 bits per heavy atom. The molecule has 0 radical (unpaired) electrons. The van der Waals surface area contributed by atoms with E-state index in [-0.39, 0.29) is 12.2 Å². The van der Waals surface area contributed by atoms with Gasteiger partial charge >= 0.3 is 5.97 Å². The van der Waals surface area contributed by atoms with Gasteiger partial charge in [0.15, 0.2) is 0 Å². The quantitative estimate of drug-likeness (QED) is 0.606. The first kappa shape index (κ1) is 15.9. The molecule has 1 N–H and O–H groups in total. The Hall–Kier alpha value is -2.15. The molecule has 0 bridgehead atoms. The maximum absolute atomic E-state index is 10.9. The predicted molar refractivity (Wildman–Crippen MR) is 72.8 cm³/mol. The lowest BCUT2D eigenvalue weighted by molar-refractivity contribution is -0.385. The summed E-state index contributed by atoms with van der Waals surface area (Å²) in [6.45, 7) is 4.06. The summed E-state index contributed by atoms with van der Waals surface area (Å²) in [5.41, 5.74) is 0.552. The van der Waals surface area contributed by atoms with Gasteiger partial charge in [-0.3, -0.25) is 19.8 Å². The third-order valence-corrected chi connectivity index (χ3v) is 2.99. The Balaban J connectivity index is 3.03. The van der Waals surface area contributed by atoms with Crippen LogP contribution in [0.4, 0.5) is 5.69 Å². The molecular formula is C13H18N2O5. The molecule has 0 aromatic heterocycles. The number of nitro groups is 1. The fraction of sp³-hybridized carbons (Fsp3) is 0.462. The molecule has 0 aliphatic rings. The molecular weight excluding hydrogens is 264 g/mol. The topological polar surface area (TPSA) is 92.9 Å². The highest BCUT2D eigenvalue weighted by molar-refractivity contribution is 5.72. The average molecular weight is 282 g/mol. The van der Waals surface area contributed by atoms with Crippen LogP contribution in [0.25, 0.3) is 0 Å². The zero-order valence-corrected chi connectivity index (χ0v) is 11.7. The Kier molecular flexibility index (Phi) is 5.45. The average Bonchev–Trinajstić information content (AvgIpc) is 2.39. The van der Waals surface area contributed by atoms with E-state index in [1.807, 2.05) is 6.92 Å². The molecule has 1 atom stereocenters. The van der Waals surface area contributed by atoms with Crippen LogP contribution in [-0.4, -0.2) is 40.6 Å².